The van der Waals surface area contributed by atoms with Gasteiger partial charge in [-0.2, -0.15) is 0 Å². The van der Waals surface area contributed by atoms with Crippen LogP contribution in [0.15, 0.2) is 0 Å². The maximum atomic E-state index is 11.0. The number of aldehydes is 1. The van der Waals surface area contributed by atoms with E-state index in [1.807, 2.05) is 20.8 Å². The van der Waals surface area contributed by atoms with Gasteiger partial charge in [0.25, 0.3) is 0 Å². The summed E-state index contributed by atoms with van der Waals surface area (Å²) in [5.41, 5.74) is -0.418. The van der Waals surface area contributed by atoms with Crippen LogP contribution >= 0.6 is 0 Å². The molecule has 0 fully saturated rings. The van der Waals surface area contributed by atoms with Crippen LogP contribution in [0.5, 0.6) is 0 Å². The van der Waals surface area contributed by atoms with Crippen molar-refractivity contribution in [2.45, 2.75) is 45.6 Å². The van der Waals surface area contributed by atoms with Gasteiger partial charge >= 0.3 is 5.97 Å². The Morgan fingerprint density at radius 2 is 2.00 bits per heavy atom. The predicted octanol–water partition coefficient (Wildman–Crippen LogP) is 1.70. The summed E-state index contributed by atoms with van der Waals surface area (Å²) in [5, 5.41) is 0. The minimum Gasteiger partial charge on any atom is -0.460 e. The highest BCUT2D eigenvalue weighted by molar-refractivity contribution is 5.70. The molecule has 0 heterocycles. The number of esters is 1. The zero-order valence-corrected chi connectivity index (χ0v) is 7.92. The quantitative estimate of drug-likeness (QED) is 0.368. The lowest BCUT2D eigenvalue weighted by atomic mass is 10.2. The first-order chi connectivity index (χ1) is 5.45. The Labute approximate surface area is 73.1 Å². The van der Waals surface area contributed by atoms with Gasteiger partial charge in [0.15, 0.2) is 0 Å². The summed E-state index contributed by atoms with van der Waals surface area (Å²) in [6.45, 7) is 5.47. The van der Waals surface area contributed by atoms with E-state index in [0.717, 1.165) is 6.29 Å². The van der Waals surface area contributed by atoms with Crippen LogP contribution in [0.2, 0.25) is 0 Å². The third kappa shape index (κ3) is 7.25. The predicted molar refractivity (Wildman–Crippen MR) is 45.8 cm³/mol. The third-order valence-electron chi connectivity index (χ3n) is 1.12. The number of rotatable bonds is 4. The molecule has 3 nitrogen and oxygen atoms in total. The Hall–Kier alpha value is -0.860. The molecule has 70 valence electrons. The molecule has 0 radical (unpaired) electrons. The van der Waals surface area contributed by atoms with Gasteiger partial charge in [-0.3, -0.25) is 4.79 Å². The van der Waals surface area contributed by atoms with E-state index in [2.05, 4.69) is 0 Å². The number of hydrogen-bond donors (Lipinski definition) is 0. The van der Waals surface area contributed by atoms with Crippen LogP contribution in [-0.4, -0.2) is 17.9 Å². The second-order valence-corrected chi connectivity index (χ2v) is 3.65. The highest BCUT2D eigenvalue weighted by Crippen LogP contribution is 2.09. The molecular formula is C9H16O3. The van der Waals surface area contributed by atoms with Crippen LogP contribution in [0, 0.1) is 0 Å². The van der Waals surface area contributed by atoms with E-state index in [1.165, 1.54) is 0 Å². The van der Waals surface area contributed by atoms with Gasteiger partial charge in [-0.25, -0.2) is 0 Å². The van der Waals surface area contributed by atoms with Gasteiger partial charge in [0, 0.05) is 12.8 Å². The van der Waals surface area contributed by atoms with Gasteiger partial charge in [0.05, 0.1) is 0 Å². The van der Waals surface area contributed by atoms with Crippen molar-refractivity contribution in [3.05, 3.63) is 0 Å². The van der Waals surface area contributed by atoms with E-state index in [0.29, 0.717) is 19.3 Å². The summed E-state index contributed by atoms with van der Waals surface area (Å²) in [7, 11) is 0. The first kappa shape index (κ1) is 11.1. The molecule has 0 rings (SSSR count). The molecule has 0 aliphatic rings. The van der Waals surface area contributed by atoms with Crippen molar-refractivity contribution < 1.29 is 14.3 Å². The molecule has 0 unspecified atom stereocenters. The summed E-state index contributed by atoms with van der Waals surface area (Å²) in [5.74, 6) is -0.232. The smallest absolute Gasteiger partial charge is 0.306 e. The number of carbonyl (C=O) groups is 2. The molecule has 0 saturated heterocycles. The largest absolute Gasteiger partial charge is 0.460 e. The zero-order valence-electron chi connectivity index (χ0n) is 7.92. The van der Waals surface area contributed by atoms with E-state index in [4.69, 9.17) is 4.74 Å². The van der Waals surface area contributed by atoms with Crippen LogP contribution in [0.4, 0.5) is 0 Å². The Balaban J connectivity index is 3.53. The summed E-state index contributed by atoms with van der Waals surface area (Å²) in [4.78, 5) is 20.9. The van der Waals surface area contributed by atoms with Crippen LogP contribution in [0.25, 0.3) is 0 Å². The van der Waals surface area contributed by atoms with E-state index >= 15 is 0 Å². The van der Waals surface area contributed by atoms with Crippen molar-refractivity contribution >= 4 is 12.3 Å². The Morgan fingerprint density at radius 3 is 2.42 bits per heavy atom. The fraction of sp³-hybridized carbons (Fsp3) is 0.778. The third-order valence-corrected chi connectivity index (χ3v) is 1.12. The summed E-state index contributed by atoms with van der Waals surface area (Å²) >= 11 is 0. The molecule has 0 saturated carbocycles. The van der Waals surface area contributed by atoms with Crippen LogP contribution in [0.3, 0.4) is 0 Å². The van der Waals surface area contributed by atoms with Crippen molar-refractivity contribution in [3.8, 4) is 0 Å². The number of carbonyl (C=O) groups excluding carboxylic acids is 2. The van der Waals surface area contributed by atoms with Crippen molar-refractivity contribution in [3.63, 3.8) is 0 Å². The molecule has 0 N–H and O–H groups in total. The molecule has 12 heavy (non-hydrogen) atoms. The van der Waals surface area contributed by atoms with Gasteiger partial charge in [-0.1, -0.05) is 0 Å². The Morgan fingerprint density at radius 1 is 1.42 bits per heavy atom. The average molecular weight is 172 g/mol. The highest BCUT2D eigenvalue weighted by Gasteiger charge is 2.15. The van der Waals surface area contributed by atoms with Crippen molar-refractivity contribution in [2.75, 3.05) is 0 Å². The molecule has 0 amide bonds. The van der Waals surface area contributed by atoms with E-state index in [-0.39, 0.29) is 5.97 Å². The standard InChI is InChI=1S/C9H16O3/c1-9(2,3)12-8(11)6-4-5-7-10/h7H,4-6H2,1-3H3. The van der Waals surface area contributed by atoms with Crippen LogP contribution < -0.4 is 0 Å². The topological polar surface area (TPSA) is 43.4 Å². The second-order valence-electron chi connectivity index (χ2n) is 3.65. The number of hydrogen-bond acceptors (Lipinski definition) is 3. The molecule has 0 bridgehead atoms. The second kappa shape index (κ2) is 4.91. The van der Waals surface area contributed by atoms with Gasteiger partial charge in [0.1, 0.15) is 11.9 Å². The highest BCUT2D eigenvalue weighted by atomic mass is 16.6. The van der Waals surface area contributed by atoms with Gasteiger partial charge in [-0.15, -0.1) is 0 Å². The van der Waals surface area contributed by atoms with Crippen molar-refractivity contribution in [2.24, 2.45) is 0 Å². The molecule has 0 atom stereocenters. The van der Waals surface area contributed by atoms with Gasteiger partial charge in [0.2, 0.25) is 0 Å². The molecule has 0 aromatic carbocycles. The molecule has 0 aliphatic heterocycles. The minimum absolute atomic E-state index is 0.232. The summed E-state index contributed by atoms with van der Waals surface area (Å²) < 4.78 is 5.03. The Bertz CT molecular complexity index is 156. The summed E-state index contributed by atoms with van der Waals surface area (Å²) in [6.07, 6.45) is 2.15. The Kier molecular flexibility index (Phi) is 4.55. The van der Waals surface area contributed by atoms with Gasteiger partial charge in [-0.05, 0) is 27.2 Å². The van der Waals surface area contributed by atoms with Crippen molar-refractivity contribution in [1.29, 1.82) is 0 Å². The van der Waals surface area contributed by atoms with Crippen molar-refractivity contribution in [1.82, 2.24) is 0 Å². The zero-order chi connectivity index (χ0) is 9.61. The molecule has 0 spiro atoms. The molecule has 3 heteroatoms. The van der Waals surface area contributed by atoms with Crippen LogP contribution in [-0.2, 0) is 14.3 Å². The lowest BCUT2D eigenvalue weighted by Gasteiger charge is -2.19. The SMILES string of the molecule is CC(C)(C)OC(=O)CCCC=O. The summed E-state index contributed by atoms with van der Waals surface area (Å²) in [6, 6.07) is 0. The fourth-order valence-corrected chi connectivity index (χ4v) is 0.722. The maximum absolute atomic E-state index is 11.0. The molecule has 0 aliphatic carbocycles. The minimum atomic E-state index is -0.418. The monoisotopic (exact) mass is 172 g/mol. The van der Waals surface area contributed by atoms with E-state index in [1.54, 1.807) is 0 Å². The average Bonchev–Trinajstić information content (AvgIpc) is 1.84. The number of unbranched alkanes of at least 4 members (excludes halogenated alkanes) is 1. The number of ether oxygens (including phenoxy) is 1. The lowest BCUT2D eigenvalue weighted by Crippen LogP contribution is -2.23. The lowest BCUT2D eigenvalue weighted by molar-refractivity contribution is -0.154. The first-order valence-electron chi connectivity index (χ1n) is 4.11. The maximum Gasteiger partial charge on any atom is 0.306 e. The van der Waals surface area contributed by atoms with Crippen LogP contribution in [0.1, 0.15) is 40.0 Å². The van der Waals surface area contributed by atoms with E-state index in [9.17, 15) is 9.59 Å². The molecular weight excluding hydrogens is 156 g/mol. The molecule has 0 aromatic rings. The fourth-order valence-electron chi connectivity index (χ4n) is 0.722. The normalized spacial score (nSPS) is 10.9. The first-order valence-corrected chi connectivity index (χ1v) is 4.11. The van der Waals surface area contributed by atoms with E-state index < -0.39 is 5.60 Å². The molecule has 0 aromatic heterocycles. The van der Waals surface area contributed by atoms with Gasteiger partial charge < -0.3 is 9.53 Å².